The lowest BCUT2D eigenvalue weighted by molar-refractivity contribution is -0.133. The van der Waals surface area contributed by atoms with Gasteiger partial charge in [0.15, 0.2) is 4.84 Å². The van der Waals surface area contributed by atoms with Crippen molar-refractivity contribution in [3.05, 3.63) is 59.4 Å². The average molecular weight is 381 g/mol. The van der Waals surface area contributed by atoms with Crippen LogP contribution in [0.15, 0.2) is 42.6 Å². The lowest BCUT2D eigenvalue weighted by atomic mass is 10.0. The Morgan fingerprint density at radius 3 is 2.48 bits per heavy atom. The minimum atomic E-state index is -1.04. The third kappa shape index (κ3) is 5.26. The summed E-state index contributed by atoms with van der Waals surface area (Å²) in [6.07, 6.45) is 2.04. The van der Waals surface area contributed by atoms with Gasteiger partial charge in [0.2, 0.25) is 0 Å². The van der Waals surface area contributed by atoms with Gasteiger partial charge in [-0.05, 0) is 37.5 Å². The van der Waals surface area contributed by atoms with Crippen LogP contribution >= 0.6 is 23.2 Å². The number of hydrogen-bond donors (Lipinski definition) is 0. The molecule has 0 aliphatic rings. The van der Waals surface area contributed by atoms with E-state index in [-0.39, 0.29) is 11.9 Å². The van der Waals surface area contributed by atoms with Gasteiger partial charge in [-0.3, -0.25) is 4.79 Å². The van der Waals surface area contributed by atoms with Crippen molar-refractivity contribution in [2.45, 2.75) is 51.7 Å². The van der Waals surface area contributed by atoms with Gasteiger partial charge in [0.1, 0.15) is 0 Å². The van der Waals surface area contributed by atoms with Crippen molar-refractivity contribution in [2.75, 3.05) is 0 Å². The fourth-order valence-electron chi connectivity index (χ4n) is 2.84. The van der Waals surface area contributed by atoms with E-state index in [1.165, 1.54) is 11.1 Å². The number of halogens is 2. The first-order valence-electron chi connectivity index (χ1n) is 8.57. The number of aromatic nitrogens is 1. The van der Waals surface area contributed by atoms with Crippen LogP contribution in [0.25, 0.3) is 0 Å². The third-order valence-corrected chi connectivity index (χ3v) is 4.99. The molecule has 0 unspecified atom stereocenters. The van der Waals surface area contributed by atoms with Crippen molar-refractivity contribution in [2.24, 2.45) is 5.92 Å². The van der Waals surface area contributed by atoms with Crippen LogP contribution in [-0.2, 0) is 17.9 Å². The number of alkyl halides is 2. The summed E-state index contributed by atoms with van der Waals surface area (Å²) in [5, 5.41) is 0. The van der Waals surface area contributed by atoms with Crippen LogP contribution in [0.4, 0.5) is 0 Å². The largest absolute Gasteiger partial charge is 0.345 e. The molecule has 5 heteroatoms. The zero-order valence-electron chi connectivity index (χ0n) is 15.2. The first-order valence-corrected chi connectivity index (χ1v) is 9.45. The summed E-state index contributed by atoms with van der Waals surface area (Å²) < 4.78 is 2.17. The first-order chi connectivity index (χ1) is 11.8. The van der Waals surface area contributed by atoms with Gasteiger partial charge in [0, 0.05) is 24.5 Å². The number of amides is 1. The molecular formula is C20H26Cl2N2O. The van der Waals surface area contributed by atoms with Crippen molar-refractivity contribution in [3.8, 4) is 0 Å². The number of hydrogen-bond acceptors (Lipinski definition) is 1. The fraction of sp³-hybridized carbons (Fsp3) is 0.450. The highest BCUT2D eigenvalue weighted by Crippen LogP contribution is 2.20. The smallest absolute Gasteiger partial charge is 0.256 e. The highest BCUT2D eigenvalue weighted by molar-refractivity contribution is 6.53. The van der Waals surface area contributed by atoms with E-state index < -0.39 is 4.84 Å². The third-order valence-electron chi connectivity index (χ3n) is 4.62. The van der Waals surface area contributed by atoms with E-state index in [1.807, 2.05) is 25.3 Å². The molecule has 0 aliphatic carbocycles. The van der Waals surface area contributed by atoms with E-state index in [0.29, 0.717) is 12.5 Å². The molecule has 2 rings (SSSR count). The Labute approximate surface area is 160 Å². The minimum Gasteiger partial charge on any atom is -0.345 e. The Kier molecular flexibility index (Phi) is 6.97. The maximum atomic E-state index is 12.5. The molecule has 0 radical (unpaired) electrons. The molecule has 3 nitrogen and oxygen atoms in total. The van der Waals surface area contributed by atoms with Gasteiger partial charge < -0.3 is 9.47 Å². The number of benzene rings is 1. The van der Waals surface area contributed by atoms with Crippen LogP contribution in [0.5, 0.6) is 0 Å². The molecule has 1 aromatic heterocycles. The standard InChI is InChI=1S/C20H26Cl2N2O/c1-14(2)16(4)24(20(25)19(21)22)13-18-9-6-10-23(18)12-17-8-5-7-15(3)11-17/h5-11,14,16,19H,12-13H2,1-4H3/t16-/m0/s1. The molecule has 1 amide bonds. The van der Waals surface area contributed by atoms with Gasteiger partial charge in [-0.25, -0.2) is 0 Å². The summed E-state index contributed by atoms with van der Waals surface area (Å²) in [5.41, 5.74) is 3.54. The van der Waals surface area contributed by atoms with Crippen molar-refractivity contribution in [1.82, 2.24) is 9.47 Å². The zero-order chi connectivity index (χ0) is 18.6. The van der Waals surface area contributed by atoms with Crippen LogP contribution < -0.4 is 0 Å². The molecule has 0 bridgehead atoms. The summed E-state index contributed by atoms with van der Waals surface area (Å²) in [5.74, 6) is 0.0732. The van der Waals surface area contributed by atoms with Gasteiger partial charge in [0.05, 0.1) is 6.54 Å². The Bertz CT molecular complexity index is 709. The number of carbonyl (C=O) groups excluding carboxylic acids is 1. The summed E-state index contributed by atoms with van der Waals surface area (Å²) >= 11 is 11.7. The minimum absolute atomic E-state index is 0.0508. The van der Waals surface area contributed by atoms with E-state index in [2.05, 4.69) is 49.6 Å². The summed E-state index contributed by atoms with van der Waals surface area (Å²) in [7, 11) is 0. The predicted octanol–water partition coefficient (Wildman–Crippen LogP) is 5.02. The second kappa shape index (κ2) is 8.77. The van der Waals surface area contributed by atoms with Gasteiger partial charge >= 0.3 is 0 Å². The van der Waals surface area contributed by atoms with Crippen molar-refractivity contribution >= 4 is 29.1 Å². The molecule has 0 spiro atoms. The van der Waals surface area contributed by atoms with E-state index in [1.54, 1.807) is 4.90 Å². The van der Waals surface area contributed by atoms with Gasteiger partial charge in [-0.2, -0.15) is 0 Å². The Morgan fingerprint density at radius 2 is 1.88 bits per heavy atom. The quantitative estimate of drug-likeness (QED) is 0.618. The molecule has 1 aromatic carbocycles. The van der Waals surface area contributed by atoms with Crippen molar-refractivity contribution in [1.29, 1.82) is 0 Å². The lowest BCUT2D eigenvalue weighted by Crippen LogP contribution is -2.43. The van der Waals surface area contributed by atoms with Gasteiger partial charge in [-0.1, -0.05) is 66.9 Å². The molecule has 0 saturated carbocycles. The van der Waals surface area contributed by atoms with E-state index >= 15 is 0 Å². The zero-order valence-corrected chi connectivity index (χ0v) is 16.8. The van der Waals surface area contributed by atoms with Crippen molar-refractivity contribution < 1.29 is 4.79 Å². The number of rotatable bonds is 7. The topological polar surface area (TPSA) is 25.2 Å². The highest BCUT2D eigenvalue weighted by Gasteiger charge is 2.27. The van der Waals surface area contributed by atoms with Gasteiger partial charge in [-0.15, -0.1) is 0 Å². The van der Waals surface area contributed by atoms with Crippen LogP contribution in [0.3, 0.4) is 0 Å². The maximum absolute atomic E-state index is 12.5. The Morgan fingerprint density at radius 1 is 1.16 bits per heavy atom. The first kappa shape index (κ1) is 19.9. The predicted molar refractivity (Wildman–Crippen MR) is 105 cm³/mol. The molecule has 0 N–H and O–H groups in total. The highest BCUT2D eigenvalue weighted by atomic mass is 35.5. The van der Waals surface area contributed by atoms with Crippen LogP contribution in [0.1, 0.15) is 37.6 Å². The maximum Gasteiger partial charge on any atom is 0.256 e. The van der Waals surface area contributed by atoms with E-state index in [9.17, 15) is 4.79 Å². The van der Waals surface area contributed by atoms with Crippen LogP contribution in [0, 0.1) is 12.8 Å². The van der Waals surface area contributed by atoms with E-state index in [4.69, 9.17) is 23.2 Å². The monoisotopic (exact) mass is 380 g/mol. The summed E-state index contributed by atoms with van der Waals surface area (Å²) in [6.45, 7) is 9.57. The molecule has 1 heterocycles. The Hall–Kier alpha value is -1.45. The molecule has 136 valence electrons. The number of nitrogens with zero attached hydrogens (tertiary/aromatic N) is 2. The molecule has 0 fully saturated rings. The molecular weight excluding hydrogens is 355 g/mol. The molecule has 0 saturated heterocycles. The normalized spacial score (nSPS) is 12.6. The van der Waals surface area contributed by atoms with Crippen molar-refractivity contribution in [3.63, 3.8) is 0 Å². The van der Waals surface area contributed by atoms with Crippen LogP contribution in [-0.4, -0.2) is 26.3 Å². The lowest BCUT2D eigenvalue weighted by Gasteiger charge is -2.32. The average Bonchev–Trinajstić information content (AvgIpc) is 2.98. The molecule has 25 heavy (non-hydrogen) atoms. The molecule has 1 atom stereocenters. The summed E-state index contributed by atoms with van der Waals surface area (Å²) in [4.78, 5) is 13.2. The van der Waals surface area contributed by atoms with Crippen LogP contribution in [0.2, 0.25) is 0 Å². The molecule has 0 aliphatic heterocycles. The second-order valence-corrected chi connectivity index (χ2v) is 7.96. The molecule has 2 aromatic rings. The number of carbonyl (C=O) groups is 1. The fourth-order valence-corrected chi connectivity index (χ4v) is 3.09. The SMILES string of the molecule is Cc1cccc(Cn2cccc2CN(C(=O)C(Cl)Cl)[C@@H](C)C(C)C)c1. The second-order valence-electron chi connectivity index (χ2n) is 6.87. The summed E-state index contributed by atoms with van der Waals surface area (Å²) in [6, 6.07) is 12.5. The Balaban J connectivity index is 2.23. The van der Waals surface area contributed by atoms with E-state index in [0.717, 1.165) is 12.2 Å². The number of aryl methyl sites for hydroxylation is 1. The van der Waals surface area contributed by atoms with Gasteiger partial charge in [0.25, 0.3) is 5.91 Å².